The van der Waals surface area contributed by atoms with Crippen LogP contribution in [0.5, 0.6) is 11.5 Å². The van der Waals surface area contributed by atoms with E-state index in [1.807, 2.05) is 0 Å². The Hall–Kier alpha value is -8.11. The van der Waals surface area contributed by atoms with Crippen LogP contribution in [0.25, 0.3) is 45.8 Å². The van der Waals surface area contributed by atoms with Crippen molar-refractivity contribution in [1.82, 2.24) is 0 Å². The van der Waals surface area contributed by atoms with Crippen molar-refractivity contribution in [3.05, 3.63) is 142 Å². The van der Waals surface area contributed by atoms with E-state index in [4.69, 9.17) is 27.2 Å². The number of nitrogens with zero attached hydrogens (tertiary/aromatic N) is 6. The van der Waals surface area contributed by atoms with Gasteiger partial charge in [0.2, 0.25) is 5.69 Å². The summed E-state index contributed by atoms with van der Waals surface area (Å²) in [4.78, 5) is -2.69. The second kappa shape index (κ2) is 27.1. The lowest BCUT2D eigenvalue weighted by atomic mass is 10.0. The summed E-state index contributed by atoms with van der Waals surface area (Å²) in [5, 5.41) is 92.2. The fourth-order valence-corrected chi connectivity index (χ4v) is 12.6. The number of hydrogen-bond donors (Lipinski definition) is 11. The highest BCUT2D eigenvalue weighted by Gasteiger charge is 2.25. The molecule has 13 N–H and O–H groups in total. The summed E-state index contributed by atoms with van der Waals surface area (Å²) in [5.41, 5.74) is 11.2. The fraction of sp³-hybridized carbons (Fsp3) is 0.0204. The van der Waals surface area contributed by atoms with Gasteiger partial charge in [-0.3, -0.25) is 18.2 Å². The quantitative estimate of drug-likeness (QED) is 0.00414. The van der Waals surface area contributed by atoms with Crippen LogP contribution in [0.2, 0.25) is 0 Å². The summed E-state index contributed by atoms with van der Waals surface area (Å²) < 4.78 is 153. The number of aryl methyl sites for hydroxylation is 1. The van der Waals surface area contributed by atoms with Gasteiger partial charge in [0.15, 0.2) is 11.5 Å². The molecule has 0 aromatic heterocycles. The molecule has 8 aromatic carbocycles. The molecule has 0 unspecified atom stereocenters. The van der Waals surface area contributed by atoms with E-state index >= 15 is 0 Å². The van der Waals surface area contributed by atoms with E-state index in [0.717, 1.165) is 42.5 Å². The first-order chi connectivity index (χ1) is 41.5. The number of rotatable bonds is 23. The predicted octanol–water partition coefficient (Wildman–Crippen LogP) is 12.2. The lowest BCUT2D eigenvalue weighted by molar-refractivity contribution is -0.435. The maximum absolute atomic E-state index is 13.5. The maximum Gasteiger partial charge on any atom is 0.295 e. The zero-order chi connectivity index (χ0) is 64.0. The minimum atomic E-state index is -5.05. The molecule has 0 atom stereocenters. The molecule has 0 aliphatic carbocycles. The molecule has 0 heterocycles. The second-order valence-corrected chi connectivity index (χ2v) is 25.3. The van der Waals surface area contributed by atoms with Crippen LogP contribution in [0.4, 0.5) is 45.5 Å². The summed E-state index contributed by atoms with van der Waals surface area (Å²) in [7, 11) is -19.8. The molecule has 0 spiro atoms. The Morgan fingerprint density at radius 3 is 1.35 bits per heavy atom. The van der Waals surface area contributed by atoms with Gasteiger partial charge in [0.05, 0.1) is 73.8 Å². The Bertz CT molecular complexity index is 4750. The number of azo groups is 3. The van der Waals surface area contributed by atoms with E-state index in [9.17, 15) is 67.3 Å². The van der Waals surface area contributed by atoms with Crippen molar-refractivity contribution in [3.63, 3.8) is 0 Å². The summed E-state index contributed by atoms with van der Waals surface area (Å²) in [6, 6.07) is 21.2. The Balaban J connectivity index is 1.04. The highest BCUT2D eigenvalue weighted by molar-refractivity contribution is 7.95. The third-order valence-corrected chi connectivity index (χ3v) is 17.7. The monoisotopic (exact) mass is 1350 g/mol. The lowest BCUT2D eigenvalue weighted by Gasteiger charge is -2.13. The van der Waals surface area contributed by atoms with Gasteiger partial charge in [0, 0.05) is 38.6 Å². The van der Waals surface area contributed by atoms with Crippen LogP contribution in [0.15, 0.2) is 169 Å². The van der Waals surface area contributed by atoms with E-state index in [1.54, 1.807) is 0 Å². The van der Waals surface area contributed by atoms with Gasteiger partial charge in [-0.25, -0.2) is 15.8 Å². The molecule has 0 aliphatic rings. The topological polar surface area (TPSA) is 514 Å². The van der Waals surface area contributed by atoms with E-state index in [1.165, 1.54) is 98.0 Å². The summed E-state index contributed by atoms with van der Waals surface area (Å²) in [6.45, 7) is 1.47. The number of nitrogen functional groups attached to an aromatic ring is 2. The number of phenols is 2. The molecule has 88 heavy (non-hydrogen) atoms. The molecule has 39 heteroatoms. The number of nitrogens with two attached hydrogens (primary N) is 2. The largest absolute Gasteiger partial charge is 0.594 e. The number of hydrogen-bond acceptors (Lipinski definition) is 30. The summed E-state index contributed by atoms with van der Waals surface area (Å²) in [5.74, 6) is -1.32. The Morgan fingerprint density at radius 2 is 0.864 bits per heavy atom. The standard InChI is InChI=1S/C49H38N8O24S7/c1-24-18-42(87(70,71)72)33-14-16-35(48(58)44(33)46(24)50)54-52-29-10-6-25(37(19-29)82-79-76-61)2-4-28-8-12-31(21-41(28)86(67,68)69)56-57(60)32-13-9-26(38(22-32)83-80-77-62)3-5-27-7-11-30(20-40(27)85(64,65)66)53-55-36-17-15-34-43(88(73,74)75)23-39(84-81-78-63)47(51)45(34)49(36)59/h2-23,58-59,61-63H,50-51H2,1H3,(H,64,65,66)(H,67,68,69)(H,70,71,72)(H,73,74,75)/b4-2+,5-3+,54-52?,55-53?,57-56?. The van der Waals surface area contributed by atoms with Crippen LogP contribution >= 0.6 is 36.1 Å². The first-order valence-electron chi connectivity index (χ1n) is 23.4. The summed E-state index contributed by atoms with van der Waals surface area (Å²) >= 11 is 1.04. The Morgan fingerprint density at radius 1 is 0.466 bits per heavy atom. The zero-order valence-corrected chi connectivity index (χ0v) is 49.3. The molecule has 0 saturated carbocycles. The number of aromatic hydroxyl groups is 2. The Kier molecular flexibility index (Phi) is 20.3. The molecule has 0 saturated heterocycles. The van der Waals surface area contributed by atoms with Gasteiger partial charge >= 0.3 is 0 Å². The molecule has 8 rings (SSSR count). The van der Waals surface area contributed by atoms with Gasteiger partial charge in [-0.2, -0.15) is 43.9 Å². The van der Waals surface area contributed by atoms with E-state index in [-0.39, 0.29) is 126 Å². The van der Waals surface area contributed by atoms with Crippen LogP contribution in [-0.2, 0) is 68.6 Å². The van der Waals surface area contributed by atoms with Gasteiger partial charge < -0.3 is 26.9 Å². The first-order valence-corrected chi connectivity index (χ1v) is 31.4. The van der Waals surface area contributed by atoms with Gasteiger partial charge in [-0.1, -0.05) is 74.6 Å². The molecule has 0 fully saturated rings. The predicted molar refractivity (Wildman–Crippen MR) is 313 cm³/mol. The smallest absolute Gasteiger partial charge is 0.295 e. The molecule has 460 valence electrons. The van der Waals surface area contributed by atoms with Crippen molar-refractivity contribution in [1.29, 1.82) is 0 Å². The fourth-order valence-electron chi connectivity index (χ4n) is 8.16. The van der Waals surface area contributed by atoms with Crippen LogP contribution in [0.3, 0.4) is 0 Å². The number of benzene rings is 8. The molecule has 0 amide bonds. The van der Waals surface area contributed by atoms with Crippen LogP contribution in [-0.4, -0.2) is 82.7 Å². The van der Waals surface area contributed by atoms with Crippen molar-refractivity contribution in [2.75, 3.05) is 11.5 Å². The normalized spacial score (nSPS) is 13.0. The Labute approximate surface area is 507 Å². The SMILES string of the molecule is Cc1cc(S(=O)(=O)O)c2ccc(N=Nc3ccc(/C=C/c4ccc(N=[N+]([O-])c5ccc(/C=C/c6ccc(N=Nc7ccc8c(S(=O)(=O)O)cc(SOOO)c(N)c8c7O)cc6S(=O)(=O)O)c(SOOO)c5)cc4S(=O)(=O)O)c(SOOO)c3)c(O)c2c1N. The minimum absolute atomic E-state index is 0.00456. The van der Waals surface area contributed by atoms with E-state index in [0.29, 0.717) is 24.1 Å². The molecule has 0 bridgehead atoms. The van der Waals surface area contributed by atoms with Gasteiger partial charge in [0.25, 0.3) is 40.5 Å². The lowest BCUT2D eigenvalue weighted by Crippen LogP contribution is -2.02. The number of phenolic OH excluding ortho intramolecular Hbond substituents is 2. The first kappa shape index (κ1) is 65.9. The third kappa shape index (κ3) is 15.2. The van der Waals surface area contributed by atoms with E-state index < -0.39 is 71.6 Å². The van der Waals surface area contributed by atoms with Crippen LogP contribution in [0, 0.1) is 12.1 Å². The molecule has 0 radical (unpaired) electrons. The van der Waals surface area contributed by atoms with Gasteiger partial charge in [-0.15, -0.1) is 23.2 Å². The van der Waals surface area contributed by atoms with Crippen LogP contribution in [0.1, 0.15) is 27.8 Å². The highest BCUT2D eigenvalue weighted by Crippen LogP contribution is 2.46. The number of fused-ring (bicyclic) bond motifs is 2. The zero-order valence-electron chi connectivity index (χ0n) is 43.5. The minimum Gasteiger partial charge on any atom is -0.594 e. The van der Waals surface area contributed by atoms with Gasteiger partial charge in [-0.05, 0) is 101 Å². The van der Waals surface area contributed by atoms with Crippen molar-refractivity contribution < 1.29 is 111 Å². The second-order valence-electron chi connectivity index (χ2n) is 17.5. The maximum atomic E-state index is 13.5. The van der Waals surface area contributed by atoms with Crippen molar-refractivity contribution in [3.8, 4) is 11.5 Å². The van der Waals surface area contributed by atoms with Crippen molar-refractivity contribution >= 4 is 168 Å². The van der Waals surface area contributed by atoms with E-state index in [2.05, 4.69) is 53.7 Å². The molecular formula is C49H38N8O24S7. The average molecular weight is 1350 g/mol. The molecule has 8 aromatic rings. The molecule has 0 aliphatic heterocycles. The van der Waals surface area contributed by atoms with Gasteiger partial charge in [0.1, 0.15) is 36.6 Å². The third-order valence-electron chi connectivity index (χ3n) is 12.1. The van der Waals surface area contributed by atoms with Crippen LogP contribution < -0.4 is 11.5 Å². The van der Waals surface area contributed by atoms with Crippen molar-refractivity contribution in [2.24, 2.45) is 25.6 Å². The highest BCUT2D eigenvalue weighted by atomic mass is 32.2. The molecular weight excluding hydrogens is 1310 g/mol. The van der Waals surface area contributed by atoms with Crippen molar-refractivity contribution in [2.45, 2.75) is 41.2 Å². The average Bonchev–Trinajstić information content (AvgIpc) is 0.919. The summed E-state index contributed by atoms with van der Waals surface area (Å²) in [6.07, 6.45) is 5.10. The molecule has 32 nitrogen and oxygen atoms in total. The number of anilines is 2.